The van der Waals surface area contributed by atoms with Gasteiger partial charge in [0.05, 0.1) is 12.2 Å². The molecule has 0 amide bonds. The molecule has 2 aromatic carbocycles. The maximum atomic E-state index is 13.5. The van der Waals surface area contributed by atoms with E-state index in [1.165, 1.54) is 19.2 Å². The third kappa shape index (κ3) is 11.0. The Morgan fingerprint density at radius 3 is 2.19 bits per heavy atom. The van der Waals surface area contributed by atoms with Crippen LogP contribution < -0.4 is 22.1 Å². The van der Waals surface area contributed by atoms with E-state index in [0.717, 1.165) is 35.9 Å². The van der Waals surface area contributed by atoms with Crippen LogP contribution in [0.15, 0.2) is 59.9 Å². The van der Waals surface area contributed by atoms with Gasteiger partial charge in [0, 0.05) is 30.9 Å². The molecule has 1 unspecified atom stereocenters. The number of hydrogen-bond acceptors (Lipinski definition) is 6. The van der Waals surface area contributed by atoms with E-state index in [0.29, 0.717) is 25.3 Å². The van der Waals surface area contributed by atoms with Gasteiger partial charge in [0.25, 0.3) is 0 Å². The van der Waals surface area contributed by atoms with E-state index < -0.39 is 17.9 Å². The minimum atomic E-state index is -4.51. The van der Waals surface area contributed by atoms with Crippen molar-refractivity contribution in [3.8, 4) is 0 Å². The van der Waals surface area contributed by atoms with Gasteiger partial charge in [-0.2, -0.15) is 13.2 Å². The first-order valence-corrected chi connectivity index (χ1v) is 12.9. The molecule has 0 radical (unpaired) electrons. The highest BCUT2D eigenvalue weighted by molar-refractivity contribution is 5.52. The number of nitrogens with zero attached hydrogens (tertiary/aromatic N) is 1. The quantitative estimate of drug-likeness (QED) is 0.236. The summed E-state index contributed by atoms with van der Waals surface area (Å²) in [4.78, 5) is 1.90. The summed E-state index contributed by atoms with van der Waals surface area (Å²) >= 11 is 0. The van der Waals surface area contributed by atoms with Crippen molar-refractivity contribution in [2.24, 2.45) is 11.5 Å². The average Bonchev–Trinajstić information content (AvgIpc) is 2.91. The summed E-state index contributed by atoms with van der Waals surface area (Å²) in [6.45, 7) is 11.6. The van der Waals surface area contributed by atoms with Crippen molar-refractivity contribution < 1.29 is 18.3 Å². The summed E-state index contributed by atoms with van der Waals surface area (Å²) in [6.07, 6.45) is -4.02. The maximum Gasteiger partial charge on any atom is 0.416 e. The Morgan fingerprint density at radius 1 is 1.03 bits per heavy atom. The number of allylic oxidation sites excluding steroid dienone is 1. The van der Waals surface area contributed by atoms with E-state index in [2.05, 4.69) is 23.3 Å². The molecule has 0 aliphatic rings. The number of nitrogens with one attached hydrogen (secondary N) is 2. The summed E-state index contributed by atoms with van der Waals surface area (Å²) in [5.74, 6) is 0.626. The number of anilines is 1. The number of nitrogens with two attached hydrogens (primary N) is 2. The van der Waals surface area contributed by atoms with E-state index in [4.69, 9.17) is 5.73 Å². The van der Waals surface area contributed by atoms with Gasteiger partial charge in [0.1, 0.15) is 12.0 Å². The second-order valence-electron chi connectivity index (χ2n) is 7.90. The van der Waals surface area contributed by atoms with E-state index >= 15 is 0 Å². The molecule has 37 heavy (non-hydrogen) atoms. The summed E-state index contributed by atoms with van der Waals surface area (Å²) in [5, 5.41) is 16.1. The fourth-order valence-corrected chi connectivity index (χ4v) is 3.76. The average molecular weight is 526 g/mol. The number of hydrogen-bond donors (Lipinski definition) is 5. The van der Waals surface area contributed by atoms with E-state index in [9.17, 15) is 18.3 Å². The molecule has 7 N–H and O–H groups in total. The first-order valence-electron chi connectivity index (χ1n) is 12.9. The van der Waals surface area contributed by atoms with Crippen LogP contribution in [0, 0.1) is 0 Å². The van der Waals surface area contributed by atoms with Crippen molar-refractivity contribution in [1.29, 1.82) is 0 Å². The standard InChI is InChI=1S/C25H35F3N4O.C2H6.CH5N/c1-4-14-30-22-13-9-6-10-19(22)17-18(3)24(32(5-2)15-16-33)31-23(29)20-11-7-8-12-21(20)25(26,27)28;2*1-2/h6-13,23,30-31,33H,4-5,14-17,29H2,1-3H3;1-2H3;2H2,1H3/b24-18+;;. The first-order chi connectivity index (χ1) is 17.7. The van der Waals surface area contributed by atoms with Crippen LogP contribution in [0.4, 0.5) is 18.9 Å². The molecular formula is C28H46F3N5O. The summed E-state index contributed by atoms with van der Waals surface area (Å²) in [7, 11) is 1.50. The molecule has 210 valence electrons. The Bertz CT molecular complexity index is 919. The van der Waals surface area contributed by atoms with Crippen molar-refractivity contribution >= 4 is 5.69 Å². The number of likely N-dealkylation sites (N-methyl/N-ethyl adjacent to an activating group) is 1. The molecule has 6 nitrogen and oxygen atoms in total. The van der Waals surface area contributed by atoms with E-state index in [-0.39, 0.29) is 12.2 Å². The lowest BCUT2D eigenvalue weighted by molar-refractivity contribution is -0.138. The molecule has 9 heteroatoms. The zero-order valence-corrected chi connectivity index (χ0v) is 23.1. The smallest absolute Gasteiger partial charge is 0.395 e. The zero-order valence-electron chi connectivity index (χ0n) is 23.1. The van der Waals surface area contributed by atoms with Crippen molar-refractivity contribution in [1.82, 2.24) is 10.2 Å². The highest BCUT2D eigenvalue weighted by atomic mass is 19.4. The highest BCUT2D eigenvalue weighted by Gasteiger charge is 2.34. The second kappa shape index (κ2) is 18.5. The van der Waals surface area contributed by atoms with Gasteiger partial charge in [0.15, 0.2) is 0 Å². The SMILES string of the molecule is CC.CCCNc1ccccc1C/C(C)=C(\NC(N)c1ccccc1C(F)(F)F)N(CC)CCO.CN. The maximum absolute atomic E-state index is 13.5. The number of halogens is 3. The third-order valence-electron chi connectivity index (χ3n) is 5.40. The Kier molecular flexibility index (Phi) is 17.1. The number of alkyl halides is 3. The predicted molar refractivity (Wildman–Crippen MR) is 149 cm³/mol. The lowest BCUT2D eigenvalue weighted by atomic mass is 10.0. The molecule has 0 spiro atoms. The van der Waals surface area contributed by atoms with Crippen molar-refractivity contribution in [3.05, 3.63) is 76.6 Å². The molecule has 0 aliphatic carbocycles. The first kappa shape index (κ1) is 34.2. The topological polar surface area (TPSA) is 99.6 Å². The molecule has 0 aromatic heterocycles. The van der Waals surface area contributed by atoms with Gasteiger partial charge < -0.3 is 32.1 Å². The largest absolute Gasteiger partial charge is 0.416 e. The van der Waals surface area contributed by atoms with Crippen LogP contribution in [0.5, 0.6) is 0 Å². The molecule has 0 fully saturated rings. The van der Waals surface area contributed by atoms with Gasteiger partial charge in [-0.05, 0) is 57.0 Å². The van der Waals surface area contributed by atoms with Crippen LogP contribution in [-0.4, -0.2) is 43.3 Å². The molecule has 0 heterocycles. The van der Waals surface area contributed by atoms with Crippen LogP contribution in [0.25, 0.3) is 0 Å². The van der Waals surface area contributed by atoms with Crippen molar-refractivity contribution in [3.63, 3.8) is 0 Å². The monoisotopic (exact) mass is 525 g/mol. The number of aliphatic hydroxyl groups excluding tert-OH is 1. The Morgan fingerprint density at radius 2 is 1.62 bits per heavy atom. The predicted octanol–water partition coefficient (Wildman–Crippen LogP) is 5.46. The molecule has 1 atom stereocenters. The summed E-state index contributed by atoms with van der Waals surface area (Å²) in [5.41, 5.74) is 13.0. The van der Waals surface area contributed by atoms with Crippen LogP contribution in [-0.2, 0) is 12.6 Å². The minimum absolute atomic E-state index is 0.0274. The molecule has 0 saturated heterocycles. The Labute approximate surface area is 220 Å². The number of para-hydroxylation sites is 1. The number of rotatable bonds is 12. The molecule has 0 aliphatic heterocycles. The summed E-state index contributed by atoms with van der Waals surface area (Å²) in [6, 6.07) is 13.3. The fraction of sp³-hybridized carbons (Fsp3) is 0.500. The van der Waals surface area contributed by atoms with Gasteiger partial charge >= 0.3 is 6.18 Å². The molecular weight excluding hydrogens is 479 g/mol. The van der Waals surface area contributed by atoms with Crippen LogP contribution >= 0.6 is 0 Å². The number of aliphatic hydroxyl groups is 1. The minimum Gasteiger partial charge on any atom is -0.395 e. The molecule has 0 bridgehead atoms. The zero-order chi connectivity index (χ0) is 28.4. The van der Waals surface area contributed by atoms with Crippen molar-refractivity contribution in [2.75, 3.05) is 38.6 Å². The Balaban J connectivity index is 0.00000308. The molecule has 2 rings (SSSR count). The van der Waals surface area contributed by atoms with Crippen molar-refractivity contribution in [2.45, 2.75) is 59.8 Å². The summed E-state index contributed by atoms with van der Waals surface area (Å²) < 4.78 is 40.6. The van der Waals surface area contributed by atoms with E-state index in [1.807, 2.05) is 56.9 Å². The van der Waals surface area contributed by atoms with Gasteiger partial charge in [0.2, 0.25) is 0 Å². The van der Waals surface area contributed by atoms with E-state index in [1.54, 1.807) is 6.07 Å². The van der Waals surface area contributed by atoms with Gasteiger partial charge in [-0.25, -0.2) is 0 Å². The lowest BCUT2D eigenvalue weighted by Crippen LogP contribution is -2.40. The van der Waals surface area contributed by atoms with Gasteiger partial charge in [-0.3, -0.25) is 0 Å². The second-order valence-corrected chi connectivity index (χ2v) is 7.90. The lowest BCUT2D eigenvalue weighted by Gasteiger charge is -2.32. The fourth-order valence-electron chi connectivity index (χ4n) is 3.76. The van der Waals surface area contributed by atoms with Crippen LogP contribution in [0.2, 0.25) is 0 Å². The van der Waals surface area contributed by atoms with Crippen LogP contribution in [0.1, 0.15) is 63.9 Å². The number of benzene rings is 2. The van der Waals surface area contributed by atoms with Gasteiger partial charge in [-0.15, -0.1) is 0 Å². The normalized spacial score (nSPS) is 12.2. The third-order valence-corrected chi connectivity index (χ3v) is 5.40. The molecule has 2 aromatic rings. The highest BCUT2D eigenvalue weighted by Crippen LogP contribution is 2.34. The van der Waals surface area contributed by atoms with Gasteiger partial charge in [-0.1, -0.05) is 57.2 Å². The molecule has 0 saturated carbocycles. The van der Waals surface area contributed by atoms with Crippen LogP contribution in [0.3, 0.4) is 0 Å². The Hall–Kier alpha value is -2.75.